The van der Waals surface area contributed by atoms with Crippen molar-refractivity contribution in [2.75, 3.05) is 9.44 Å². The summed E-state index contributed by atoms with van der Waals surface area (Å²) < 4.78 is 58.6. The number of hydrogen-bond acceptors (Lipinski definition) is 5. The Hall–Kier alpha value is -5.35. The Morgan fingerprint density at radius 1 is 0.500 bits per heavy atom. The van der Waals surface area contributed by atoms with Crippen molar-refractivity contribution in [2.45, 2.75) is 76.0 Å². The Bertz CT molecular complexity index is 2300. The monoisotopic (exact) mass is 729 g/mol. The van der Waals surface area contributed by atoms with E-state index < -0.39 is 20.0 Å². The molecule has 0 amide bonds. The summed E-state index contributed by atoms with van der Waals surface area (Å²) in [4.78, 5) is 4.95. The zero-order valence-electron chi connectivity index (χ0n) is 30.7. The van der Waals surface area contributed by atoms with Gasteiger partial charge in [0.2, 0.25) is 0 Å². The normalized spacial score (nSPS) is 11.8. The van der Waals surface area contributed by atoms with Gasteiger partial charge in [0.05, 0.1) is 21.2 Å². The fourth-order valence-electron chi connectivity index (χ4n) is 5.09. The van der Waals surface area contributed by atoms with E-state index in [2.05, 4.69) is 79.7 Å². The quantitative estimate of drug-likeness (QED) is 0.170. The van der Waals surface area contributed by atoms with Crippen LogP contribution < -0.4 is 9.44 Å². The molecule has 0 unspecified atom stereocenters. The number of aromatic nitrogens is 1. The Labute approximate surface area is 309 Å². The van der Waals surface area contributed by atoms with Gasteiger partial charge in [0.25, 0.3) is 20.0 Å². The third-order valence-corrected chi connectivity index (χ3v) is 11.1. The average molecular weight is 730 g/mol. The Morgan fingerprint density at radius 2 is 0.865 bits per heavy atom. The maximum absolute atomic E-state index is 13.3. The highest BCUT2D eigenvalue weighted by Crippen LogP contribution is 2.30. The molecule has 1 aromatic heterocycles. The molecule has 0 saturated carbocycles. The molecule has 1 heterocycles. The summed E-state index contributed by atoms with van der Waals surface area (Å²) in [6, 6.07) is 29.7. The summed E-state index contributed by atoms with van der Waals surface area (Å²) in [5.74, 6) is 12.5. The zero-order valence-corrected chi connectivity index (χ0v) is 32.3. The zero-order chi connectivity index (χ0) is 37.9. The second kappa shape index (κ2) is 14.7. The van der Waals surface area contributed by atoms with Gasteiger partial charge in [-0.25, -0.2) is 21.8 Å². The molecule has 0 aliphatic rings. The molecule has 2 N–H and O–H groups in total. The van der Waals surface area contributed by atoms with Crippen LogP contribution in [0.15, 0.2) is 113 Å². The second-order valence-electron chi connectivity index (χ2n) is 14.8. The smallest absolute Gasteiger partial charge is 0.261 e. The van der Waals surface area contributed by atoms with Crippen molar-refractivity contribution in [2.24, 2.45) is 0 Å². The molecule has 0 aliphatic heterocycles. The Morgan fingerprint density at radius 3 is 1.21 bits per heavy atom. The van der Waals surface area contributed by atoms with Crippen LogP contribution in [0.25, 0.3) is 0 Å². The van der Waals surface area contributed by atoms with Crippen molar-refractivity contribution in [3.63, 3.8) is 0 Å². The maximum Gasteiger partial charge on any atom is 0.261 e. The molecular weight excluding hydrogens is 687 g/mol. The number of hydrogen-bond donors (Lipinski definition) is 2. The molecule has 52 heavy (non-hydrogen) atoms. The highest BCUT2D eigenvalue weighted by atomic mass is 32.2. The lowest BCUT2D eigenvalue weighted by Crippen LogP contribution is -2.15. The molecule has 4 aromatic carbocycles. The van der Waals surface area contributed by atoms with Gasteiger partial charge in [0.15, 0.2) is 0 Å². The summed E-state index contributed by atoms with van der Waals surface area (Å²) in [6.45, 7) is 16.3. The Kier molecular flexibility index (Phi) is 10.7. The maximum atomic E-state index is 13.3. The first kappa shape index (κ1) is 37.9. The van der Waals surface area contributed by atoms with Crippen LogP contribution >= 0.6 is 0 Å². The lowest BCUT2D eigenvalue weighted by Gasteiger charge is -2.20. The van der Waals surface area contributed by atoms with E-state index in [1.54, 1.807) is 78.9 Å². The molecular formula is C43H43N3O4S2. The predicted octanol–water partition coefficient (Wildman–Crippen LogP) is 8.69. The summed E-state index contributed by atoms with van der Waals surface area (Å²) in [5, 5.41) is 0. The molecule has 0 saturated heterocycles. The number of benzene rings is 4. The highest BCUT2D eigenvalue weighted by Gasteiger charge is 2.21. The minimum absolute atomic E-state index is 0.156. The van der Waals surface area contributed by atoms with Crippen molar-refractivity contribution in [1.82, 2.24) is 4.98 Å². The third kappa shape index (κ3) is 9.50. The van der Waals surface area contributed by atoms with Gasteiger partial charge in [0, 0.05) is 11.1 Å². The third-order valence-electron chi connectivity index (χ3n) is 8.32. The van der Waals surface area contributed by atoms with E-state index >= 15 is 0 Å². The van der Waals surface area contributed by atoms with Crippen molar-refractivity contribution >= 4 is 31.4 Å². The summed E-state index contributed by atoms with van der Waals surface area (Å²) in [7, 11) is -7.73. The summed E-state index contributed by atoms with van der Waals surface area (Å²) in [5.41, 5.74) is 6.11. The molecule has 0 atom stereocenters. The highest BCUT2D eigenvalue weighted by molar-refractivity contribution is 7.93. The van der Waals surface area contributed by atoms with E-state index in [-0.39, 0.29) is 20.6 Å². The predicted molar refractivity (Wildman–Crippen MR) is 210 cm³/mol. The van der Waals surface area contributed by atoms with Crippen LogP contribution in [0, 0.1) is 37.5 Å². The summed E-state index contributed by atoms with van der Waals surface area (Å²) >= 11 is 0. The number of anilines is 2. The van der Waals surface area contributed by atoms with Crippen LogP contribution in [0.3, 0.4) is 0 Å². The minimum Gasteiger partial charge on any atom is -0.278 e. The van der Waals surface area contributed by atoms with Crippen molar-refractivity contribution in [3.05, 3.63) is 148 Å². The minimum atomic E-state index is -3.86. The lowest BCUT2D eigenvalue weighted by molar-refractivity contribution is 0.590. The first-order chi connectivity index (χ1) is 24.3. The number of aryl methyl sites for hydroxylation is 2. The Balaban J connectivity index is 1.50. The SMILES string of the molecule is Cc1ccc(S(=O)(=O)Nc2ccc(C(C)(C)C)cc2C#Cc2cccc(C#Cc3cc(C(C)(C)C)ccc3NS(=O)(=O)c3ccc(C)cc3)n2)cc1. The first-order valence-corrected chi connectivity index (χ1v) is 19.8. The van der Waals surface area contributed by atoms with Gasteiger partial charge in [-0.05, 0) is 108 Å². The molecule has 0 spiro atoms. The van der Waals surface area contributed by atoms with Crippen LogP contribution in [-0.4, -0.2) is 21.8 Å². The van der Waals surface area contributed by atoms with E-state index in [4.69, 9.17) is 0 Å². The second-order valence-corrected chi connectivity index (χ2v) is 18.1. The van der Waals surface area contributed by atoms with Crippen LogP contribution in [0.2, 0.25) is 0 Å². The molecule has 9 heteroatoms. The molecule has 0 bridgehead atoms. The van der Waals surface area contributed by atoms with Crippen molar-refractivity contribution in [3.8, 4) is 23.7 Å². The van der Waals surface area contributed by atoms with Crippen LogP contribution in [0.5, 0.6) is 0 Å². The molecule has 0 fully saturated rings. The van der Waals surface area contributed by atoms with Gasteiger partial charge in [-0.2, -0.15) is 0 Å². The number of sulfonamides is 2. The van der Waals surface area contributed by atoms with Gasteiger partial charge in [0.1, 0.15) is 11.4 Å². The molecule has 7 nitrogen and oxygen atoms in total. The van der Waals surface area contributed by atoms with Gasteiger partial charge in [-0.3, -0.25) is 9.44 Å². The number of nitrogens with zero attached hydrogens (tertiary/aromatic N) is 1. The van der Waals surface area contributed by atoms with Gasteiger partial charge >= 0.3 is 0 Å². The lowest BCUT2D eigenvalue weighted by atomic mass is 9.86. The van der Waals surface area contributed by atoms with Crippen LogP contribution in [-0.2, 0) is 30.9 Å². The van der Waals surface area contributed by atoms with Gasteiger partial charge in [-0.15, -0.1) is 0 Å². The van der Waals surface area contributed by atoms with E-state index in [1.807, 2.05) is 38.1 Å². The molecule has 0 radical (unpaired) electrons. The van der Waals surface area contributed by atoms with Crippen LogP contribution in [0.1, 0.15) is 86.3 Å². The number of rotatable bonds is 6. The van der Waals surface area contributed by atoms with Crippen molar-refractivity contribution in [1.29, 1.82) is 0 Å². The van der Waals surface area contributed by atoms with E-state index in [0.717, 1.165) is 22.3 Å². The van der Waals surface area contributed by atoms with E-state index in [1.165, 1.54) is 0 Å². The van der Waals surface area contributed by atoms with E-state index in [9.17, 15) is 16.8 Å². The fourth-order valence-corrected chi connectivity index (χ4v) is 7.24. The fraction of sp³-hybridized carbons (Fsp3) is 0.233. The number of nitrogens with one attached hydrogen (secondary N) is 2. The topological polar surface area (TPSA) is 105 Å². The van der Waals surface area contributed by atoms with Crippen molar-refractivity contribution < 1.29 is 16.8 Å². The summed E-state index contributed by atoms with van der Waals surface area (Å²) in [6.07, 6.45) is 0. The van der Waals surface area contributed by atoms with Crippen LogP contribution in [0.4, 0.5) is 11.4 Å². The van der Waals surface area contributed by atoms with Gasteiger partial charge < -0.3 is 0 Å². The molecule has 5 aromatic rings. The number of pyridine rings is 1. The molecule has 266 valence electrons. The van der Waals surface area contributed by atoms with Gasteiger partial charge in [-0.1, -0.05) is 107 Å². The molecule has 0 aliphatic carbocycles. The average Bonchev–Trinajstić information content (AvgIpc) is 3.06. The van der Waals surface area contributed by atoms with E-state index in [0.29, 0.717) is 33.9 Å². The first-order valence-electron chi connectivity index (χ1n) is 16.8. The standard InChI is InChI=1S/C43H43N3O4S2/c1-30-12-22-38(23-13-30)51(47,48)45-40-26-18-34(42(3,4)5)28-32(40)16-20-36-10-9-11-37(44-36)21-17-33-29-35(43(6,7)8)19-27-41(33)46-52(49,50)39-24-14-31(2)15-25-39/h9-15,18-19,22-29,45-46H,1-8H3. The molecule has 5 rings (SSSR count). The largest absolute Gasteiger partial charge is 0.278 e.